The number of nitrogens with zero attached hydrogens (tertiary/aromatic N) is 1. The summed E-state index contributed by atoms with van der Waals surface area (Å²) in [5.74, 6) is 0.425. The first-order chi connectivity index (χ1) is 9.87. The minimum atomic E-state index is -3.16. The van der Waals surface area contributed by atoms with Gasteiger partial charge in [-0.05, 0) is 38.2 Å². The number of hydrogen-bond acceptors (Lipinski definition) is 3. The molecule has 1 aliphatic heterocycles. The first-order valence-electron chi connectivity index (χ1n) is 7.64. The minimum Gasteiger partial charge on any atom is -0.385 e. The zero-order chi connectivity index (χ0) is 15.3. The topological polar surface area (TPSA) is 57.6 Å². The molecule has 1 aromatic rings. The van der Waals surface area contributed by atoms with E-state index in [1.165, 1.54) is 5.56 Å². The van der Waals surface area contributed by atoms with Gasteiger partial charge in [-0.15, -0.1) is 0 Å². The fourth-order valence-corrected chi connectivity index (χ4v) is 5.04. The van der Waals surface area contributed by atoms with E-state index in [1.54, 1.807) is 11.2 Å². The van der Waals surface area contributed by atoms with Crippen LogP contribution in [0.1, 0.15) is 30.9 Å². The molecule has 1 aliphatic carbocycles. The molecule has 2 fully saturated rings. The lowest BCUT2D eigenvalue weighted by molar-refractivity contribution is -0.00400. The maximum absolute atomic E-state index is 12.1. The van der Waals surface area contributed by atoms with Gasteiger partial charge in [0.2, 0.25) is 10.0 Å². The van der Waals surface area contributed by atoms with Crippen molar-refractivity contribution in [1.82, 2.24) is 4.31 Å². The summed E-state index contributed by atoms with van der Waals surface area (Å²) in [6, 6.07) is 7.98. The van der Waals surface area contributed by atoms with Crippen molar-refractivity contribution in [2.45, 2.75) is 32.3 Å². The van der Waals surface area contributed by atoms with Crippen LogP contribution in [0.5, 0.6) is 0 Å². The summed E-state index contributed by atoms with van der Waals surface area (Å²) in [6.07, 6.45) is 1.62. The zero-order valence-corrected chi connectivity index (χ0v) is 13.4. The van der Waals surface area contributed by atoms with E-state index in [0.29, 0.717) is 13.1 Å². The van der Waals surface area contributed by atoms with Crippen LogP contribution >= 0.6 is 0 Å². The molecule has 1 heterocycles. The van der Waals surface area contributed by atoms with E-state index in [9.17, 15) is 13.5 Å². The Morgan fingerprint density at radius 3 is 2.57 bits per heavy atom. The van der Waals surface area contributed by atoms with E-state index in [1.807, 2.05) is 31.2 Å². The fraction of sp³-hybridized carbons (Fsp3) is 0.625. The number of aliphatic hydroxyl groups is 1. The lowest BCUT2D eigenvalue weighted by atomic mass is 9.82. The van der Waals surface area contributed by atoms with Gasteiger partial charge in [-0.25, -0.2) is 12.7 Å². The van der Waals surface area contributed by atoms with Crippen LogP contribution in [-0.2, 0) is 15.6 Å². The summed E-state index contributed by atoms with van der Waals surface area (Å²) in [5, 5.41) is 11.2. The molecule has 1 N–H and O–H groups in total. The van der Waals surface area contributed by atoms with Gasteiger partial charge in [-0.3, -0.25) is 0 Å². The van der Waals surface area contributed by atoms with Crippen LogP contribution in [0.3, 0.4) is 0 Å². The third-order valence-electron chi connectivity index (χ3n) is 5.23. The minimum absolute atomic E-state index is 0.0153. The van der Waals surface area contributed by atoms with Gasteiger partial charge in [0, 0.05) is 19.0 Å². The van der Waals surface area contributed by atoms with Gasteiger partial charge in [0.05, 0.1) is 11.4 Å². The van der Waals surface area contributed by atoms with Gasteiger partial charge in [0.15, 0.2) is 0 Å². The van der Waals surface area contributed by atoms with Crippen LogP contribution in [0.25, 0.3) is 0 Å². The average molecular weight is 309 g/mol. The Morgan fingerprint density at radius 2 is 1.95 bits per heavy atom. The average Bonchev–Trinajstić information content (AvgIpc) is 3.02. The van der Waals surface area contributed by atoms with Gasteiger partial charge in [0.1, 0.15) is 0 Å². The van der Waals surface area contributed by atoms with Crippen LogP contribution in [0.2, 0.25) is 0 Å². The second-order valence-corrected chi connectivity index (χ2v) is 8.67. The lowest BCUT2D eigenvalue weighted by Crippen LogP contribution is -2.37. The molecule has 3 atom stereocenters. The smallest absolute Gasteiger partial charge is 0.213 e. The van der Waals surface area contributed by atoms with E-state index in [4.69, 9.17) is 0 Å². The summed E-state index contributed by atoms with van der Waals surface area (Å²) in [5.41, 5.74) is 1.21. The Hall–Kier alpha value is -0.910. The van der Waals surface area contributed by atoms with Crippen LogP contribution in [-0.4, -0.2) is 36.7 Å². The number of fused-ring (bicyclic) bond motifs is 1. The molecule has 4 nitrogen and oxygen atoms in total. The normalized spacial score (nSPS) is 33.3. The molecule has 1 aromatic carbocycles. The fourth-order valence-electron chi connectivity index (χ4n) is 3.87. The molecule has 1 saturated heterocycles. The molecule has 1 saturated carbocycles. The van der Waals surface area contributed by atoms with Crippen molar-refractivity contribution < 1.29 is 13.5 Å². The Morgan fingerprint density at radius 1 is 1.29 bits per heavy atom. The van der Waals surface area contributed by atoms with E-state index in [0.717, 1.165) is 18.4 Å². The van der Waals surface area contributed by atoms with Crippen molar-refractivity contribution >= 4 is 10.0 Å². The highest BCUT2D eigenvalue weighted by Crippen LogP contribution is 2.50. The van der Waals surface area contributed by atoms with E-state index < -0.39 is 15.6 Å². The van der Waals surface area contributed by atoms with Crippen molar-refractivity contribution in [2.24, 2.45) is 11.8 Å². The third-order valence-corrected chi connectivity index (χ3v) is 7.04. The first kappa shape index (κ1) is 15.0. The SMILES string of the molecule is CCS(=O)(=O)N1C[C@H]2CC[C@](O)(c3ccc(C)cc3)[C@H]2C1. The molecule has 0 unspecified atom stereocenters. The molecule has 0 radical (unpaired) electrons. The molecule has 5 heteroatoms. The number of rotatable bonds is 3. The van der Waals surface area contributed by atoms with Crippen molar-refractivity contribution in [2.75, 3.05) is 18.8 Å². The summed E-state index contributed by atoms with van der Waals surface area (Å²) >= 11 is 0. The Kier molecular flexibility index (Phi) is 3.62. The van der Waals surface area contributed by atoms with Gasteiger partial charge >= 0.3 is 0 Å². The van der Waals surface area contributed by atoms with Gasteiger partial charge in [-0.1, -0.05) is 29.8 Å². The second-order valence-electron chi connectivity index (χ2n) is 6.41. The Bertz CT molecular complexity index is 625. The number of sulfonamides is 1. The van der Waals surface area contributed by atoms with Gasteiger partial charge in [-0.2, -0.15) is 0 Å². The van der Waals surface area contributed by atoms with Crippen LogP contribution < -0.4 is 0 Å². The maximum Gasteiger partial charge on any atom is 0.213 e. The quantitative estimate of drug-likeness (QED) is 0.927. The summed E-state index contributed by atoms with van der Waals surface area (Å²) in [7, 11) is -3.16. The summed E-state index contributed by atoms with van der Waals surface area (Å²) in [6.45, 7) is 4.71. The monoisotopic (exact) mass is 309 g/mol. The highest BCUT2D eigenvalue weighted by molar-refractivity contribution is 7.89. The van der Waals surface area contributed by atoms with Crippen LogP contribution in [0.15, 0.2) is 24.3 Å². The third kappa shape index (κ3) is 2.41. The largest absolute Gasteiger partial charge is 0.385 e. The number of aryl methyl sites for hydroxylation is 1. The lowest BCUT2D eigenvalue weighted by Gasteiger charge is -2.30. The second kappa shape index (κ2) is 5.07. The first-order valence-corrected chi connectivity index (χ1v) is 9.25. The molecular weight excluding hydrogens is 286 g/mol. The van der Waals surface area contributed by atoms with Crippen molar-refractivity contribution in [3.63, 3.8) is 0 Å². The van der Waals surface area contributed by atoms with Gasteiger partial charge in [0.25, 0.3) is 0 Å². The predicted octanol–water partition coefficient (Wildman–Crippen LogP) is 1.87. The molecule has 21 heavy (non-hydrogen) atoms. The van der Waals surface area contributed by atoms with E-state index in [2.05, 4.69) is 0 Å². The highest BCUT2D eigenvalue weighted by atomic mass is 32.2. The van der Waals surface area contributed by atoms with Gasteiger partial charge < -0.3 is 5.11 Å². The Balaban J connectivity index is 1.88. The van der Waals surface area contributed by atoms with Crippen molar-refractivity contribution in [3.05, 3.63) is 35.4 Å². The molecule has 0 bridgehead atoms. The molecule has 0 spiro atoms. The Labute approximate surface area is 126 Å². The number of hydrogen-bond donors (Lipinski definition) is 1. The summed E-state index contributed by atoms with van der Waals surface area (Å²) < 4.78 is 25.7. The molecule has 3 rings (SSSR count). The van der Waals surface area contributed by atoms with E-state index >= 15 is 0 Å². The van der Waals surface area contributed by atoms with Crippen LogP contribution in [0.4, 0.5) is 0 Å². The highest BCUT2D eigenvalue weighted by Gasteiger charge is 2.53. The van der Waals surface area contributed by atoms with Crippen molar-refractivity contribution in [3.8, 4) is 0 Å². The summed E-state index contributed by atoms with van der Waals surface area (Å²) in [4.78, 5) is 0. The van der Waals surface area contributed by atoms with Crippen LogP contribution in [0, 0.1) is 18.8 Å². The van der Waals surface area contributed by atoms with Crippen molar-refractivity contribution in [1.29, 1.82) is 0 Å². The maximum atomic E-state index is 12.1. The molecule has 0 amide bonds. The standard InChI is InChI=1S/C16H23NO3S/c1-3-21(19,20)17-10-13-8-9-16(18,15(13)11-17)14-6-4-12(2)5-7-14/h4-7,13,15,18H,3,8-11H2,1-2H3/t13-,15+,16+/m1/s1. The number of benzene rings is 1. The molecule has 0 aromatic heterocycles. The molecule has 116 valence electrons. The molecule has 2 aliphatic rings. The zero-order valence-electron chi connectivity index (χ0n) is 12.6. The predicted molar refractivity (Wildman–Crippen MR) is 82.3 cm³/mol. The molecular formula is C16H23NO3S. The van der Waals surface area contributed by atoms with E-state index in [-0.39, 0.29) is 17.6 Å².